The van der Waals surface area contributed by atoms with Crippen molar-refractivity contribution in [3.63, 3.8) is 0 Å². The third-order valence-electron chi connectivity index (χ3n) is 4.07. The molecule has 0 radical (unpaired) electrons. The summed E-state index contributed by atoms with van der Waals surface area (Å²) in [6, 6.07) is 14.5. The Bertz CT molecular complexity index is 616. The van der Waals surface area contributed by atoms with Gasteiger partial charge in [0.2, 0.25) is 0 Å². The molecule has 0 aliphatic carbocycles. The van der Waals surface area contributed by atoms with Crippen molar-refractivity contribution in [3.05, 3.63) is 64.7 Å². The molecule has 0 saturated carbocycles. The molecule has 0 aliphatic heterocycles. The molecule has 5 N–H and O–H groups in total. The smallest absolute Gasteiger partial charge is 0.118 e. The van der Waals surface area contributed by atoms with E-state index in [9.17, 15) is 5.11 Å². The number of ether oxygens (including phenoxy) is 1. The van der Waals surface area contributed by atoms with Crippen molar-refractivity contribution < 1.29 is 9.84 Å². The summed E-state index contributed by atoms with van der Waals surface area (Å²) < 4.78 is 5.18. The number of rotatable bonds is 7. The highest BCUT2D eigenvalue weighted by molar-refractivity contribution is 6.30. The summed E-state index contributed by atoms with van der Waals surface area (Å²) in [5.41, 5.74) is 11.9. The zero-order valence-corrected chi connectivity index (χ0v) is 14.0. The van der Waals surface area contributed by atoms with Gasteiger partial charge in [-0.3, -0.25) is 0 Å². The topological polar surface area (TPSA) is 81.5 Å². The predicted molar refractivity (Wildman–Crippen MR) is 93.7 cm³/mol. The average Bonchev–Trinajstić information content (AvgIpc) is 2.60. The zero-order valence-electron chi connectivity index (χ0n) is 13.2. The highest BCUT2D eigenvalue weighted by Gasteiger charge is 2.31. The van der Waals surface area contributed by atoms with E-state index < -0.39 is 5.60 Å². The number of halogens is 1. The Morgan fingerprint density at radius 3 is 2.09 bits per heavy atom. The molecular formula is C18H23ClN2O2. The quantitative estimate of drug-likeness (QED) is 0.727. The van der Waals surface area contributed by atoms with Gasteiger partial charge in [0, 0.05) is 17.6 Å². The van der Waals surface area contributed by atoms with Crippen LogP contribution in [0.25, 0.3) is 0 Å². The maximum Gasteiger partial charge on any atom is 0.118 e. The van der Waals surface area contributed by atoms with Gasteiger partial charge in [0.25, 0.3) is 0 Å². The van der Waals surface area contributed by atoms with Crippen LogP contribution in [-0.4, -0.2) is 24.8 Å². The minimum atomic E-state index is -1.15. The first-order chi connectivity index (χ1) is 11.0. The molecule has 2 aromatic carbocycles. The Morgan fingerprint density at radius 2 is 1.61 bits per heavy atom. The maximum atomic E-state index is 11.4. The Kier molecular flexibility index (Phi) is 6.02. The molecule has 2 rings (SSSR count). The van der Waals surface area contributed by atoms with Gasteiger partial charge in [-0.1, -0.05) is 35.9 Å². The minimum Gasteiger partial charge on any atom is -0.497 e. The number of benzene rings is 2. The van der Waals surface area contributed by atoms with Crippen LogP contribution in [0.2, 0.25) is 5.02 Å². The summed E-state index contributed by atoms with van der Waals surface area (Å²) in [5, 5.41) is 12.0. The van der Waals surface area contributed by atoms with Gasteiger partial charge in [0.05, 0.1) is 7.11 Å². The van der Waals surface area contributed by atoms with Crippen LogP contribution in [-0.2, 0) is 5.60 Å². The van der Waals surface area contributed by atoms with Crippen molar-refractivity contribution in [2.75, 3.05) is 13.7 Å². The van der Waals surface area contributed by atoms with E-state index in [1.807, 2.05) is 36.4 Å². The first-order valence-electron chi connectivity index (χ1n) is 7.58. The van der Waals surface area contributed by atoms with E-state index in [4.69, 9.17) is 27.8 Å². The first kappa shape index (κ1) is 17.8. The van der Waals surface area contributed by atoms with Crippen molar-refractivity contribution >= 4 is 11.6 Å². The largest absolute Gasteiger partial charge is 0.497 e. The molecule has 0 fully saturated rings. The summed E-state index contributed by atoms with van der Waals surface area (Å²) in [4.78, 5) is 0. The van der Waals surface area contributed by atoms with Gasteiger partial charge in [0.1, 0.15) is 11.4 Å². The molecule has 0 saturated heterocycles. The van der Waals surface area contributed by atoms with Crippen molar-refractivity contribution in [1.29, 1.82) is 0 Å². The normalized spacial score (nSPS) is 15.0. The van der Waals surface area contributed by atoms with Gasteiger partial charge >= 0.3 is 0 Å². The second-order valence-electron chi connectivity index (χ2n) is 5.63. The van der Waals surface area contributed by atoms with E-state index in [0.29, 0.717) is 24.4 Å². The van der Waals surface area contributed by atoms with Gasteiger partial charge in [-0.25, -0.2) is 0 Å². The van der Waals surface area contributed by atoms with E-state index in [1.165, 1.54) is 0 Å². The molecule has 124 valence electrons. The summed E-state index contributed by atoms with van der Waals surface area (Å²) in [6.07, 6.45) is 1.08. The molecule has 0 spiro atoms. The van der Waals surface area contributed by atoms with Crippen LogP contribution in [0.5, 0.6) is 5.75 Å². The van der Waals surface area contributed by atoms with E-state index in [0.717, 1.165) is 16.9 Å². The maximum absolute atomic E-state index is 11.4. The van der Waals surface area contributed by atoms with Gasteiger partial charge in [-0.2, -0.15) is 0 Å². The van der Waals surface area contributed by atoms with Gasteiger partial charge in [-0.05, 0) is 48.2 Å². The molecular weight excluding hydrogens is 312 g/mol. The lowest BCUT2D eigenvalue weighted by Gasteiger charge is -2.30. The fourth-order valence-electron chi connectivity index (χ4n) is 2.56. The lowest BCUT2D eigenvalue weighted by atomic mass is 9.81. The molecule has 2 aromatic rings. The second kappa shape index (κ2) is 7.79. The summed E-state index contributed by atoms with van der Waals surface area (Å²) in [5.74, 6) is 0.742. The second-order valence-corrected chi connectivity index (χ2v) is 6.07. The van der Waals surface area contributed by atoms with Crippen LogP contribution in [0.15, 0.2) is 48.5 Å². The van der Waals surface area contributed by atoms with Crippen LogP contribution in [0, 0.1) is 0 Å². The standard InChI is InChI=1S/C18H23ClN2O2/c1-23-17-8-4-14(5-9-17)18(22,11-10-16(21)12-20)13-2-6-15(19)7-3-13/h2-9,16,22H,10-12,20-21H2,1H3. The predicted octanol–water partition coefficient (Wildman–Crippen LogP) is 2.65. The van der Waals surface area contributed by atoms with Crippen molar-refractivity contribution in [1.82, 2.24) is 0 Å². The molecule has 0 amide bonds. The van der Waals surface area contributed by atoms with Crippen LogP contribution in [0.4, 0.5) is 0 Å². The van der Waals surface area contributed by atoms with Crippen LogP contribution >= 0.6 is 11.6 Å². The third-order valence-corrected chi connectivity index (χ3v) is 4.32. The number of hydrogen-bond acceptors (Lipinski definition) is 4. The molecule has 0 aromatic heterocycles. The van der Waals surface area contributed by atoms with E-state index in [-0.39, 0.29) is 6.04 Å². The van der Waals surface area contributed by atoms with E-state index in [2.05, 4.69) is 0 Å². The molecule has 0 bridgehead atoms. The molecule has 23 heavy (non-hydrogen) atoms. The van der Waals surface area contributed by atoms with Gasteiger partial charge in [0.15, 0.2) is 0 Å². The molecule has 2 unspecified atom stereocenters. The lowest BCUT2D eigenvalue weighted by molar-refractivity contribution is 0.0667. The fraction of sp³-hybridized carbons (Fsp3) is 0.333. The Labute approximate surface area is 142 Å². The number of methoxy groups -OCH3 is 1. The fourth-order valence-corrected chi connectivity index (χ4v) is 2.69. The number of hydrogen-bond donors (Lipinski definition) is 3. The molecule has 2 atom stereocenters. The first-order valence-corrected chi connectivity index (χ1v) is 7.96. The summed E-state index contributed by atoms with van der Waals surface area (Å²) in [7, 11) is 1.61. The van der Waals surface area contributed by atoms with Crippen molar-refractivity contribution in [3.8, 4) is 5.75 Å². The minimum absolute atomic E-state index is 0.146. The lowest BCUT2D eigenvalue weighted by Crippen LogP contribution is -2.34. The zero-order chi connectivity index (χ0) is 16.9. The Balaban J connectivity index is 2.38. The average molecular weight is 335 g/mol. The van der Waals surface area contributed by atoms with Crippen LogP contribution in [0.1, 0.15) is 24.0 Å². The van der Waals surface area contributed by atoms with Gasteiger partial charge < -0.3 is 21.3 Å². The molecule has 5 heteroatoms. The third kappa shape index (κ3) is 4.24. The Hall–Kier alpha value is -1.59. The SMILES string of the molecule is COc1ccc(C(O)(CCC(N)CN)c2ccc(Cl)cc2)cc1. The van der Waals surface area contributed by atoms with Crippen molar-refractivity contribution in [2.24, 2.45) is 11.5 Å². The summed E-state index contributed by atoms with van der Waals surface area (Å²) in [6.45, 7) is 0.388. The van der Waals surface area contributed by atoms with E-state index in [1.54, 1.807) is 19.2 Å². The molecule has 0 aliphatic rings. The highest BCUT2D eigenvalue weighted by Crippen LogP contribution is 2.35. The Morgan fingerprint density at radius 1 is 1.09 bits per heavy atom. The monoisotopic (exact) mass is 334 g/mol. The van der Waals surface area contributed by atoms with Gasteiger partial charge in [-0.15, -0.1) is 0 Å². The summed E-state index contributed by atoms with van der Waals surface area (Å²) >= 11 is 5.96. The molecule has 0 heterocycles. The van der Waals surface area contributed by atoms with Crippen LogP contribution in [0.3, 0.4) is 0 Å². The highest BCUT2D eigenvalue weighted by atomic mass is 35.5. The van der Waals surface area contributed by atoms with Crippen LogP contribution < -0.4 is 16.2 Å². The van der Waals surface area contributed by atoms with E-state index >= 15 is 0 Å². The molecule has 4 nitrogen and oxygen atoms in total. The number of nitrogens with two attached hydrogens (primary N) is 2. The number of aliphatic hydroxyl groups is 1. The van der Waals surface area contributed by atoms with Crippen molar-refractivity contribution in [2.45, 2.75) is 24.5 Å².